The van der Waals surface area contributed by atoms with E-state index in [1.54, 1.807) is 30.3 Å². The van der Waals surface area contributed by atoms with Crippen LogP contribution in [0.3, 0.4) is 0 Å². The van der Waals surface area contributed by atoms with Gasteiger partial charge in [0.1, 0.15) is 0 Å². The van der Waals surface area contributed by atoms with Gasteiger partial charge >= 0.3 is 0 Å². The van der Waals surface area contributed by atoms with Crippen molar-refractivity contribution in [3.05, 3.63) is 56.4 Å². The van der Waals surface area contributed by atoms with E-state index in [0.717, 1.165) is 0 Å². The van der Waals surface area contributed by atoms with Gasteiger partial charge in [-0.25, -0.2) is 0 Å². The summed E-state index contributed by atoms with van der Waals surface area (Å²) >= 11 is 12.1. The Kier molecular flexibility index (Phi) is 3.71. The van der Waals surface area contributed by atoms with E-state index in [9.17, 15) is 4.79 Å². The van der Waals surface area contributed by atoms with E-state index >= 15 is 0 Å². The van der Waals surface area contributed by atoms with Gasteiger partial charge in [-0.2, -0.15) is 5.26 Å². The molecule has 5 heteroatoms. The summed E-state index contributed by atoms with van der Waals surface area (Å²) < 4.78 is 0. The van der Waals surface area contributed by atoms with Crippen molar-refractivity contribution in [3.63, 3.8) is 0 Å². The zero-order valence-corrected chi connectivity index (χ0v) is 10.7. The third kappa shape index (κ3) is 2.40. The zero-order valence-electron chi connectivity index (χ0n) is 9.21. The Morgan fingerprint density at radius 3 is 2.39 bits per heavy atom. The lowest BCUT2D eigenvalue weighted by Gasteiger charge is -2.06. The Morgan fingerprint density at radius 1 is 1.17 bits per heavy atom. The highest BCUT2D eigenvalue weighted by Gasteiger charge is 2.11. The summed E-state index contributed by atoms with van der Waals surface area (Å²) in [5, 5.41) is 9.41. The summed E-state index contributed by atoms with van der Waals surface area (Å²) in [6.07, 6.45) is 0.159. The highest BCUT2D eigenvalue weighted by Crippen LogP contribution is 2.32. The third-order valence-corrected chi connectivity index (χ3v) is 3.10. The minimum Gasteiger partial charge on any atom is -0.325 e. The van der Waals surface area contributed by atoms with Crippen LogP contribution in [-0.4, -0.2) is 4.98 Å². The van der Waals surface area contributed by atoms with Crippen molar-refractivity contribution in [1.82, 2.24) is 4.98 Å². The molecule has 0 radical (unpaired) electrons. The topological polar surface area (TPSA) is 56.6 Å². The molecule has 0 spiro atoms. The number of nitrogens with zero attached hydrogens (tertiary/aromatic N) is 1. The first-order valence-corrected chi connectivity index (χ1v) is 5.92. The highest BCUT2D eigenvalue weighted by atomic mass is 35.5. The van der Waals surface area contributed by atoms with Crippen molar-refractivity contribution >= 4 is 23.2 Å². The summed E-state index contributed by atoms with van der Waals surface area (Å²) in [5.74, 6) is 0. The summed E-state index contributed by atoms with van der Waals surface area (Å²) in [7, 11) is 0. The molecule has 0 aliphatic rings. The zero-order chi connectivity index (χ0) is 13.1. The van der Waals surface area contributed by atoms with Gasteiger partial charge in [0.25, 0.3) is 5.56 Å². The number of pyridine rings is 1. The fourth-order valence-electron chi connectivity index (χ4n) is 1.65. The van der Waals surface area contributed by atoms with Crippen LogP contribution >= 0.6 is 23.2 Å². The molecule has 0 saturated heterocycles. The van der Waals surface area contributed by atoms with E-state index < -0.39 is 0 Å². The fraction of sp³-hybridized carbons (Fsp3) is 0.0769. The number of nitriles is 1. The van der Waals surface area contributed by atoms with Gasteiger partial charge in [-0.05, 0) is 24.3 Å². The standard InChI is InChI=1S/C13H8Cl2N2O/c14-10-2-1-3-11(15)12(10)9-5-4-8(6-7-16)17-13(9)18/h1-5H,6H2,(H,17,18). The van der Waals surface area contributed by atoms with Crippen LogP contribution in [0.25, 0.3) is 11.1 Å². The second-order valence-electron chi connectivity index (χ2n) is 3.66. The maximum atomic E-state index is 11.9. The summed E-state index contributed by atoms with van der Waals surface area (Å²) in [6, 6.07) is 10.3. The van der Waals surface area contributed by atoms with Crippen molar-refractivity contribution in [2.45, 2.75) is 6.42 Å². The number of benzene rings is 1. The van der Waals surface area contributed by atoms with Crippen LogP contribution in [0.2, 0.25) is 10.0 Å². The molecule has 0 aliphatic carbocycles. The number of aromatic amines is 1. The Morgan fingerprint density at radius 2 is 1.83 bits per heavy atom. The predicted molar refractivity (Wildman–Crippen MR) is 71.8 cm³/mol. The fourth-order valence-corrected chi connectivity index (χ4v) is 2.26. The van der Waals surface area contributed by atoms with Crippen LogP contribution in [0, 0.1) is 11.3 Å². The van der Waals surface area contributed by atoms with Crippen LogP contribution in [-0.2, 0) is 6.42 Å². The Bertz CT molecular complexity index is 666. The second kappa shape index (κ2) is 5.26. The number of aromatic nitrogens is 1. The Hall–Kier alpha value is -1.76. The number of rotatable bonds is 2. The molecule has 2 aromatic rings. The Labute approximate surface area is 114 Å². The molecular weight excluding hydrogens is 271 g/mol. The van der Waals surface area contributed by atoms with Crippen molar-refractivity contribution in [2.75, 3.05) is 0 Å². The largest absolute Gasteiger partial charge is 0.325 e. The van der Waals surface area contributed by atoms with Crippen molar-refractivity contribution in [1.29, 1.82) is 5.26 Å². The molecule has 1 aromatic carbocycles. The molecule has 3 nitrogen and oxygen atoms in total. The number of hydrogen-bond donors (Lipinski definition) is 1. The van der Waals surface area contributed by atoms with E-state index in [4.69, 9.17) is 28.5 Å². The molecule has 0 unspecified atom stereocenters. The van der Waals surface area contributed by atoms with Crippen LogP contribution in [0.15, 0.2) is 35.1 Å². The first-order valence-electron chi connectivity index (χ1n) is 5.17. The first kappa shape index (κ1) is 12.7. The third-order valence-electron chi connectivity index (χ3n) is 2.47. The molecule has 0 atom stereocenters. The van der Waals surface area contributed by atoms with E-state index in [0.29, 0.717) is 26.9 Å². The van der Waals surface area contributed by atoms with Gasteiger partial charge in [-0.15, -0.1) is 0 Å². The van der Waals surface area contributed by atoms with Crippen LogP contribution in [0.4, 0.5) is 0 Å². The van der Waals surface area contributed by atoms with Gasteiger partial charge in [0.15, 0.2) is 0 Å². The lowest BCUT2D eigenvalue weighted by atomic mass is 10.1. The maximum Gasteiger partial charge on any atom is 0.256 e. The van der Waals surface area contributed by atoms with E-state index in [1.165, 1.54) is 0 Å². The van der Waals surface area contributed by atoms with Gasteiger partial charge in [-0.1, -0.05) is 29.3 Å². The normalized spacial score (nSPS) is 10.1. The summed E-state index contributed by atoms with van der Waals surface area (Å²) in [6.45, 7) is 0. The molecule has 90 valence electrons. The smallest absolute Gasteiger partial charge is 0.256 e. The van der Waals surface area contributed by atoms with Crippen LogP contribution in [0.1, 0.15) is 5.69 Å². The molecule has 1 heterocycles. The lowest BCUT2D eigenvalue weighted by Crippen LogP contribution is -2.11. The number of H-pyrrole nitrogens is 1. The molecule has 0 saturated carbocycles. The van der Waals surface area contributed by atoms with Crippen molar-refractivity contribution in [3.8, 4) is 17.2 Å². The minimum atomic E-state index is -0.308. The molecule has 0 amide bonds. The quantitative estimate of drug-likeness (QED) is 0.915. The molecule has 0 aliphatic heterocycles. The van der Waals surface area contributed by atoms with Gasteiger partial charge in [0, 0.05) is 16.8 Å². The SMILES string of the molecule is N#CCc1ccc(-c2c(Cl)cccc2Cl)c(=O)[nH]1. The van der Waals surface area contributed by atoms with Gasteiger partial charge < -0.3 is 4.98 Å². The molecular formula is C13H8Cl2N2O. The minimum absolute atomic E-state index is 0.159. The molecule has 1 N–H and O–H groups in total. The Balaban J connectivity index is 2.60. The first-order chi connectivity index (χ1) is 8.63. The monoisotopic (exact) mass is 278 g/mol. The van der Waals surface area contributed by atoms with E-state index in [-0.39, 0.29) is 12.0 Å². The summed E-state index contributed by atoms with van der Waals surface area (Å²) in [5.41, 5.74) is 1.16. The van der Waals surface area contributed by atoms with Crippen molar-refractivity contribution in [2.24, 2.45) is 0 Å². The van der Waals surface area contributed by atoms with Gasteiger partial charge in [-0.3, -0.25) is 4.79 Å². The molecule has 0 bridgehead atoms. The molecule has 18 heavy (non-hydrogen) atoms. The van der Waals surface area contributed by atoms with Gasteiger partial charge in [0.2, 0.25) is 0 Å². The summed E-state index contributed by atoms with van der Waals surface area (Å²) in [4.78, 5) is 14.6. The number of hydrogen-bond acceptors (Lipinski definition) is 2. The van der Waals surface area contributed by atoms with Crippen LogP contribution in [0.5, 0.6) is 0 Å². The lowest BCUT2D eigenvalue weighted by molar-refractivity contribution is 1.08. The average Bonchev–Trinajstić information content (AvgIpc) is 2.32. The van der Waals surface area contributed by atoms with Crippen molar-refractivity contribution < 1.29 is 0 Å². The molecule has 0 fully saturated rings. The molecule has 2 rings (SSSR count). The molecule has 1 aromatic heterocycles. The second-order valence-corrected chi connectivity index (χ2v) is 4.47. The van der Waals surface area contributed by atoms with E-state index in [1.807, 2.05) is 6.07 Å². The van der Waals surface area contributed by atoms with Crippen LogP contribution < -0.4 is 5.56 Å². The predicted octanol–water partition coefficient (Wildman–Crippen LogP) is 3.41. The maximum absolute atomic E-state index is 11.9. The highest BCUT2D eigenvalue weighted by molar-refractivity contribution is 6.39. The van der Waals surface area contributed by atoms with Gasteiger partial charge in [0.05, 0.1) is 22.5 Å². The average molecular weight is 279 g/mol. The number of nitrogens with one attached hydrogen (secondary N) is 1. The number of halogens is 2. The van der Waals surface area contributed by atoms with E-state index in [2.05, 4.69) is 4.98 Å².